The van der Waals surface area contributed by atoms with E-state index in [9.17, 15) is 4.79 Å². The quantitative estimate of drug-likeness (QED) is 0.462. The SMILES string of the molecule is Cc1c(-c2[nH]c3ccc(N4CCN(C(=O)CN(C)C)[C@H](C)C4)nc3c2C(C)C)cn2ncnc2c1C. The number of anilines is 1. The van der Waals surface area contributed by atoms with Gasteiger partial charge in [0.1, 0.15) is 12.1 Å². The van der Waals surface area contributed by atoms with Gasteiger partial charge in [-0.3, -0.25) is 4.79 Å². The van der Waals surface area contributed by atoms with Crippen LogP contribution in [-0.4, -0.2) is 86.6 Å². The summed E-state index contributed by atoms with van der Waals surface area (Å²) in [6, 6.07) is 4.36. The van der Waals surface area contributed by atoms with E-state index in [1.54, 1.807) is 6.33 Å². The van der Waals surface area contributed by atoms with E-state index >= 15 is 0 Å². The van der Waals surface area contributed by atoms with E-state index in [1.807, 2.05) is 28.4 Å². The average Bonchev–Trinajstić information content (AvgIpc) is 3.44. The van der Waals surface area contributed by atoms with Crippen LogP contribution in [-0.2, 0) is 4.79 Å². The number of carbonyl (C=O) groups is 1. The molecule has 1 fully saturated rings. The van der Waals surface area contributed by atoms with Crippen molar-refractivity contribution in [2.75, 3.05) is 45.2 Å². The summed E-state index contributed by atoms with van der Waals surface area (Å²) in [6.07, 6.45) is 3.66. The molecule has 190 valence electrons. The van der Waals surface area contributed by atoms with E-state index in [2.05, 4.69) is 72.9 Å². The third kappa shape index (κ3) is 4.11. The Morgan fingerprint density at radius 1 is 1.19 bits per heavy atom. The molecule has 1 aliphatic rings. The number of H-pyrrole nitrogens is 1. The molecule has 5 heterocycles. The number of nitrogens with one attached hydrogen (secondary N) is 1. The number of carbonyl (C=O) groups excluding carboxylic acids is 1. The van der Waals surface area contributed by atoms with Gasteiger partial charge in [-0.2, -0.15) is 5.10 Å². The molecule has 0 aliphatic carbocycles. The number of fused-ring (bicyclic) bond motifs is 2. The fourth-order valence-corrected chi connectivity index (χ4v) is 5.38. The lowest BCUT2D eigenvalue weighted by atomic mass is 9.95. The number of likely N-dealkylation sites (N-methyl/N-ethyl adjacent to an activating group) is 1. The molecule has 4 aromatic rings. The monoisotopic (exact) mass is 488 g/mol. The number of hydrogen-bond donors (Lipinski definition) is 1. The molecule has 0 spiro atoms. The van der Waals surface area contributed by atoms with Crippen molar-refractivity contribution >= 4 is 28.4 Å². The highest BCUT2D eigenvalue weighted by Crippen LogP contribution is 2.38. The van der Waals surface area contributed by atoms with Gasteiger partial charge in [-0.1, -0.05) is 13.8 Å². The normalized spacial score (nSPS) is 16.8. The van der Waals surface area contributed by atoms with E-state index in [0.717, 1.165) is 52.4 Å². The smallest absolute Gasteiger partial charge is 0.237 e. The topological polar surface area (TPSA) is 85.7 Å². The molecular weight excluding hydrogens is 452 g/mol. The number of amides is 1. The number of pyridine rings is 2. The van der Waals surface area contributed by atoms with E-state index < -0.39 is 0 Å². The van der Waals surface area contributed by atoms with E-state index in [4.69, 9.17) is 4.98 Å². The first-order valence-corrected chi connectivity index (χ1v) is 12.7. The molecule has 1 N–H and O–H groups in total. The number of piperazine rings is 1. The van der Waals surface area contributed by atoms with Crippen molar-refractivity contribution in [1.29, 1.82) is 0 Å². The van der Waals surface area contributed by atoms with Gasteiger partial charge in [0.15, 0.2) is 5.65 Å². The number of rotatable bonds is 5. The maximum absolute atomic E-state index is 12.6. The molecule has 9 heteroatoms. The van der Waals surface area contributed by atoms with E-state index in [1.165, 1.54) is 11.1 Å². The second-order valence-electron chi connectivity index (χ2n) is 10.6. The van der Waals surface area contributed by atoms with Crippen LogP contribution in [0.25, 0.3) is 27.9 Å². The molecule has 9 nitrogen and oxygen atoms in total. The lowest BCUT2D eigenvalue weighted by Gasteiger charge is -2.40. The molecule has 5 rings (SSSR count). The van der Waals surface area contributed by atoms with Gasteiger partial charge in [-0.25, -0.2) is 14.5 Å². The van der Waals surface area contributed by atoms with Crippen LogP contribution in [0.4, 0.5) is 5.82 Å². The van der Waals surface area contributed by atoms with Crippen LogP contribution in [0, 0.1) is 13.8 Å². The summed E-state index contributed by atoms with van der Waals surface area (Å²) in [6.45, 7) is 13.5. The van der Waals surface area contributed by atoms with Gasteiger partial charge in [-0.05, 0) is 64.0 Å². The van der Waals surface area contributed by atoms with Gasteiger partial charge < -0.3 is 19.7 Å². The van der Waals surface area contributed by atoms with Crippen LogP contribution in [0.1, 0.15) is 43.4 Å². The summed E-state index contributed by atoms with van der Waals surface area (Å²) in [7, 11) is 3.87. The fraction of sp³-hybridized carbons (Fsp3) is 0.481. The zero-order valence-electron chi connectivity index (χ0n) is 22.3. The first-order chi connectivity index (χ1) is 17.2. The van der Waals surface area contributed by atoms with Crippen molar-refractivity contribution in [3.63, 3.8) is 0 Å². The Morgan fingerprint density at radius 3 is 2.67 bits per heavy atom. The Hall–Kier alpha value is -3.46. The zero-order valence-corrected chi connectivity index (χ0v) is 22.3. The van der Waals surface area contributed by atoms with Gasteiger partial charge in [-0.15, -0.1) is 0 Å². The molecule has 1 amide bonds. The molecule has 4 aromatic heterocycles. The zero-order chi connectivity index (χ0) is 25.7. The van der Waals surface area contributed by atoms with E-state index in [-0.39, 0.29) is 17.9 Å². The van der Waals surface area contributed by atoms with Crippen LogP contribution in [0.3, 0.4) is 0 Å². The number of aromatic nitrogens is 5. The third-order valence-corrected chi connectivity index (χ3v) is 7.36. The van der Waals surface area contributed by atoms with Crippen molar-refractivity contribution in [1.82, 2.24) is 34.4 Å². The predicted molar refractivity (Wildman–Crippen MR) is 144 cm³/mol. The fourth-order valence-electron chi connectivity index (χ4n) is 5.38. The van der Waals surface area contributed by atoms with Crippen molar-refractivity contribution in [2.45, 2.75) is 46.6 Å². The Morgan fingerprint density at radius 2 is 1.97 bits per heavy atom. The Kier molecular flexibility index (Phi) is 6.20. The number of nitrogens with zero attached hydrogens (tertiary/aromatic N) is 7. The minimum Gasteiger partial charge on any atom is -0.353 e. The van der Waals surface area contributed by atoms with Crippen LogP contribution in [0.5, 0.6) is 0 Å². The summed E-state index contributed by atoms with van der Waals surface area (Å²) in [5, 5.41) is 4.39. The maximum Gasteiger partial charge on any atom is 0.237 e. The molecule has 0 unspecified atom stereocenters. The van der Waals surface area contributed by atoms with Crippen LogP contribution in [0.15, 0.2) is 24.7 Å². The molecule has 1 aliphatic heterocycles. The Balaban J connectivity index is 1.52. The highest BCUT2D eigenvalue weighted by molar-refractivity contribution is 5.90. The Labute approximate surface area is 212 Å². The molecule has 0 saturated carbocycles. The standard InChI is InChI=1S/C27H36N8O/c1-16(2)24-25(20-13-35-27(28-15-29-35)19(5)18(20)4)30-21-8-9-22(31-26(21)24)33-10-11-34(17(3)12-33)23(36)14-32(6)7/h8-9,13,15-17,30H,10-12,14H2,1-7H3/t17-/m1/s1. The first kappa shape index (κ1) is 24.2. The lowest BCUT2D eigenvalue weighted by Crippen LogP contribution is -2.55. The molecule has 0 radical (unpaired) electrons. The summed E-state index contributed by atoms with van der Waals surface area (Å²) in [5.74, 6) is 1.42. The second kappa shape index (κ2) is 9.20. The van der Waals surface area contributed by atoms with Gasteiger partial charge in [0, 0.05) is 43.0 Å². The molecule has 36 heavy (non-hydrogen) atoms. The summed E-state index contributed by atoms with van der Waals surface area (Å²) in [5.41, 5.74) is 8.66. The van der Waals surface area contributed by atoms with Gasteiger partial charge in [0.25, 0.3) is 0 Å². The van der Waals surface area contributed by atoms with Gasteiger partial charge >= 0.3 is 0 Å². The summed E-state index contributed by atoms with van der Waals surface area (Å²) < 4.78 is 1.85. The number of aryl methyl sites for hydroxylation is 1. The van der Waals surface area contributed by atoms with Crippen molar-refractivity contribution < 1.29 is 4.79 Å². The minimum atomic E-state index is 0.134. The molecule has 1 atom stereocenters. The van der Waals surface area contributed by atoms with Crippen LogP contribution < -0.4 is 4.90 Å². The van der Waals surface area contributed by atoms with Crippen molar-refractivity contribution in [3.05, 3.63) is 41.3 Å². The number of hydrogen-bond acceptors (Lipinski definition) is 6. The highest BCUT2D eigenvalue weighted by atomic mass is 16.2. The second-order valence-corrected chi connectivity index (χ2v) is 10.6. The third-order valence-electron chi connectivity index (χ3n) is 7.36. The minimum absolute atomic E-state index is 0.134. The molecular formula is C27H36N8O. The predicted octanol–water partition coefficient (Wildman–Crippen LogP) is 3.61. The molecule has 0 bridgehead atoms. The Bertz CT molecular complexity index is 1430. The van der Waals surface area contributed by atoms with E-state index in [0.29, 0.717) is 13.1 Å². The average molecular weight is 489 g/mol. The molecule has 0 aromatic carbocycles. The largest absolute Gasteiger partial charge is 0.353 e. The summed E-state index contributed by atoms with van der Waals surface area (Å²) >= 11 is 0. The van der Waals surface area contributed by atoms with Gasteiger partial charge in [0.2, 0.25) is 5.91 Å². The van der Waals surface area contributed by atoms with Crippen LogP contribution >= 0.6 is 0 Å². The highest BCUT2D eigenvalue weighted by Gasteiger charge is 2.29. The lowest BCUT2D eigenvalue weighted by molar-refractivity contribution is -0.134. The first-order valence-electron chi connectivity index (χ1n) is 12.7. The van der Waals surface area contributed by atoms with Crippen LogP contribution in [0.2, 0.25) is 0 Å². The maximum atomic E-state index is 12.6. The van der Waals surface area contributed by atoms with Crippen molar-refractivity contribution in [2.24, 2.45) is 0 Å². The van der Waals surface area contributed by atoms with Crippen molar-refractivity contribution in [3.8, 4) is 11.3 Å². The number of aromatic amines is 1. The van der Waals surface area contributed by atoms with Gasteiger partial charge in [0.05, 0.1) is 23.3 Å². The summed E-state index contributed by atoms with van der Waals surface area (Å²) in [4.78, 5) is 32.1. The molecule has 1 saturated heterocycles.